The number of methoxy groups -OCH3 is 1. The molecule has 1 aromatic rings. The van der Waals surface area contributed by atoms with Crippen LogP contribution in [0.15, 0.2) is 30.9 Å². The van der Waals surface area contributed by atoms with Gasteiger partial charge < -0.3 is 9.47 Å². The maximum Gasteiger partial charge on any atom is 0.326 e. The first-order chi connectivity index (χ1) is 10.1. The number of ether oxygens (including phenoxy) is 2. The molecule has 0 amide bonds. The van der Waals surface area contributed by atoms with E-state index in [1.54, 1.807) is 13.2 Å². The summed E-state index contributed by atoms with van der Waals surface area (Å²) < 4.78 is 10.6. The maximum absolute atomic E-state index is 12.4. The zero-order chi connectivity index (χ0) is 15.3. The molecule has 2 rings (SSSR count). The summed E-state index contributed by atoms with van der Waals surface area (Å²) in [4.78, 5) is 12.4. The summed E-state index contributed by atoms with van der Waals surface area (Å²) in [5, 5.41) is 3.31. The predicted molar refractivity (Wildman–Crippen MR) is 82.6 cm³/mol. The van der Waals surface area contributed by atoms with E-state index in [4.69, 9.17) is 9.47 Å². The van der Waals surface area contributed by atoms with E-state index in [2.05, 4.69) is 18.0 Å². The van der Waals surface area contributed by atoms with Gasteiger partial charge in [0.1, 0.15) is 11.3 Å². The number of fused-ring (bicyclic) bond motifs is 1. The van der Waals surface area contributed by atoms with Crippen molar-refractivity contribution in [1.29, 1.82) is 0 Å². The number of esters is 1. The molecule has 1 N–H and O–H groups in total. The van der Waals surface area contributed by atoms with Gasteiger partial charge in [-0.1, -0.05) is 12.1 Å². The molecule has 1 aromatic carbocycles. The van der Waals surface area contributed by atoms with E-state index >= 15 is 0 Å². The third-order valence-electron chi connectivity index (χ3n) is 3.98. The lowest BCUT2D eigenvalue weighted by Crippen LogP contribution is -2.56. The zero-order valence-corrected chi connectivity index (χ0v) is 12.8. The van der Waals surface area contributed by atoms with Crippen molar-refractivity contribution >= 4 is 5.97 Å². The summed E-state index contributed by atoms with van der Waals surface area (Å²) >= 11 is 0. The van der Waals surface area contributed by atoms with Crippen LogP contribution in [0.1, 0.15) is 24.5 Å². The first-order valence-corrected chi connectivity index (χ1v) is 7.34. The average Bonchev–Trinajstić information content (AvgIpc) is 2.52. The van der Waals surface area contributed by atoms with Gasteiger partial charge in [-0.3, -0.25) is 10.1 Å². The summed E-state index contributed by atoms with van der Waals surface area (Å²) in [5.74, 6) is 0.637. The Morgan fingerprint density at radius 2 is 2.29 bits per heavy atom. The molecule has 1 aliphatic rings. The smallest absolute Gasteiger partial charge is 0.326 e. The molecule has 0 saturated carbocycles. The molecule has 1 unspecified atom stereocenters. The van der Waals surface area contributed by atoms with Crippen LogP contribution in [-0.2, 0) is 22.4 Å². The van der Waals surface area contributed by atoms with E-state index in [0.717, 1.165) is 24.2 Å². The Morgan fingerprint density at radius 3 is 2.95 bits per heavy atom. The summed E-state index contributed by atoms with van der Waals surface area (Å²) in [6.07, 6.45) is 3.97. The molecule has 4 heteroatoms. The molecule has 0 fully saturated rings. The van der Waals surface area contributed by atoms with E-state index in [0.29, 0.717) is 19.6 Å². The number of hydrogen-bond donors (Lipinski definition) is 1. The topological polar surface area (TPSA) is 47.6 Å². The van der Waals surface area contributed by atoms with E-state index < -0.39 is 5.54 Å². The predicted octanol–water partition coefficient (Wildman–Crippen LogP) is 2.26. The van der Waals surface area contributed by atoms with Gasteiger partial charge in [-0.2, -0.15) is 0 Å². The minimum absolute atomic E-state index is 0.180. The van der Waals surface area contributed by atoms with Crippen molar-refractivity contribution in [2.45, 2.75) is 31.7 Å². The second kappa shape index (κ2) is 6.76. The molecule has 21 heavy (non-hydrogen) atoms. The minimum Gasteiger partial charge on any atom is -0.497 e. The van der Waals surface area contributed by atoms with Crippen molar-refractivity contribution in [1.82, 2.24) is 5.32 Å². The fourth-order valence-corrected chi connectivity index (χ4v) is 2.83. The first kappa shape index (κ1) is 15.6. The van der Waals surface area contributed by atoms with Gasteiger partial charge in [-0.25, -0.2) is 0 Å². The highest BCUT2D eigenvalue weighted by atomic mass is 16.5. The van der Waals surface area contributed by atoms with Gasteiger partial charge in [0.15, 0.2) is 0 Å². The molecule has 4 nitrogen and oxygen atoms in total. The monoisotopic (exact) mass is 289 g/mol. The fourth-order valence-electron chi connectivity index (χ4n) is 2.83. The van der Waals surface area contributed by atoms with E-state index in [1.165, 1.54) is 5.56 Å². The summed E-state index contributed by atoms with van der Waals surface area (Å²) in [7, 11) is 1.65. The highest BCUT2D eigenvalue weighted by Crippen LogP contribution is 2.32. The highest BCUT2D eigenvalue weighted by molar-refractivity contribution is 5.82. The number of benzene rings is 1. The van der Waals surface area contributed by atoms with Crippen LogP contribution in [0.2, 0.25) is 0 Å². The Kier molecular flexibility index (Phi) is 5.02. The molecule has 0 spiro atoms. The summed E-state index contributed by atoms with van der Waals surface area (Å²) in [6.45, 7) is 6.52. The van der Waals surface area contributed by atoms with Crippen molar-refractivity contribution in [3.05, 3.63) is 42.0 Å². The quantitative estimate of drug-likeness (QED) is 0.644. The number of hydrogen-bond acceptors (Lipinski definition) is 4. The third-order valence-corrected chi connectivity index (χ3v) is 3.98. The van der Waals surface area contributed by atoms with Gasteiger partial charge in [-0.05, 0) is 43.0 Å². The van der Waals surface area contributed by atoms with Gasteiger partial charge >= 0.3 is 5.97 Å². The van der Waals surface area contributed by atoms with Gasteiger partial charge in [0.2, 0.25) is 0 Å². The van der Waals surface area contributed by atoms with Crippen LogP contribution in [0.4, 0.5) is 0 Å². The molecule has 0 heterocycles. The number of rotatable bonds is 6. The normalized spacial score (nSPS) is 20.5. The van der Waals surface area contributed by atoms with E-state index in [-0.39, 0.29) is 5.97 Å². The van der Waals surface area contributed by atoms with Crippen molar-refractivity contribution in [3.8, 4) is 5.75 Å². The van der Waals surface area contributed by atoms with Crippen molar-refractivity contribution in [2.75, 3.05) is 20.3 Å². The summed E-state index contributed by atoms with van der Waals surface area (Å²) in [6, 6.07) is 6.06. The number of carbonyl (C=O) groups excluding carboxylic acids is 1. The third kappa shape index (κ3) is 3.27. The molecular weight excluding hydrogens is 266 g/mol. The SMILES string of the molecule is C=CCNC1(C(=O)OCC)CCc2ccc(OC)cc2C1. The molecule has 0 radical (unpaired) electrons. The summed E-state index contributed by atoms with van der Waals surface area (Å²) in [5.41, 5.74) is 1.75. The van der Waals surface area contributed by atoms with Crippen LogP contribution >= 0.6 is 0 Å². The lowest BCUT2D eigenvalue weighted by atomic mass is 9.77. The molecular formula is C17H23NO3. The minimum atomic E-state index is -0.663. The van der Waals surface area contributed by atoms with Crippen LogP contribution in [0.25, 0.3) is 0 Å². The van der Waals surface area contributed by atoms with Crippen molar-refractivity contribution in [3.63, 3.8) is 0 Å². The van der Waals surface area contributed by atoms with Gasteiger partial charge in [-0.15, -0.1) is 6.58 Å². The van der Waals surface area contributed by atoms with Crippen LogP contribution in [0.5, 0.6) is 5.75 Å². The Morgan fingerprint density at radius 1 is 1.48 bits per heavy atom. The Balaban J connectivity index is 2.30. The number of nitrogens with one attached hydrogen (secondary N) is 1. The lowest BCUT2D eigenvalue weighted by molar-refractivity contribution is -0.151. The molecule has 1 atom stereocenters. The second-order valence-corrected chi connectivity index (χ2v) is 5.28. The molecule has 0 aromatic heterocycles. The van der Waals surface area contributed by atoms with Crippen LogP contribution in [0, 0.1) is 0 Å². The van der Waals surface area contributed by atoms with Crippen LogP contribution in [0.3, 0.4) is 0 Å². The number of aryl methyl sites for hydroxylation is 1. The zero-order valence-electron chi connectivity index (χ0n) is 12.8. The fraction of sp³-hybridized carbons (Fsp3) is 0.471. The van der Waals surface area contributed by atoms with Crippen LogP contribution in [-0.4, -0.2) is 31.8 Å². The van der Waals surface area contributed by atoms with E-state index in [1.807, 2.05) is 19.1 Å². The maximum atomic E-state index is 12.4. The largest absolute Gasteiger partial charge is 0.497 e. The molecule has 0 aliphatic heterocycles. The molecule has 1 aliphatic carbocycles. The van der Waals surface area contributed by atoms with E-state index in [9.17, 15) is 4.79 Å². The average molecular weight is 289 g/mol. The van der Waals surface area contributed by atoms with Gasteiger partial charge in [0.25, 0.3) is 0 Å². The van der Waals surface area contributed by atoms with Gasteiger partial charge in [0.05, 0.1) is 13.7 Å². The Bertz CT molecular complexity index is 527. The lowest BCUT2D eigenvalue weighted by Gasteiger charge is -2.36. The Labute approximate surface area is 126 Å². The first-order valence-electron chi connectivity index (χ1n) is 7.34. The highest BCUT2D eigenvalue weighted by Gasteiger charge is 2.42. The second-order valence-electron chi connectivity index (χ2n) is 5.28. The standard InChI is InChI=1S/C17H23NO3/c1-4-10-18-17(16(19)21-5-2)9-8-13-6-7-15(20-3)11-14(13)12-17/h4,6-7,11,18H,1,5,8-10,12H2,2-3H3. The molecule has 0 bridgehead atoms. The van der Waals surface area contributed by atoms with Crippen molar-refractivity contribution < 1.29 is 14.3 Å². The number of carbonyl (C=O) groups is 1. The van der Waals surface area contributed by atoms with Crippen molar-refractivity contribution in [2.24, 2.45) is 0 Å². The van der Waals surface area contributed by atoms with Crippen LogP contribution < -0.4 is 10.1 Å². The molecule has 114 valence electrons. The molecule has 0 saturated heterocycles. The Hall–Kier alpha value is -1.81. The van der Waals surface area contributed by atoms with Gasteiger partial charge in [0, 0.05) is 13.0 Å².